The van der Waals surface area contributed by atoms with Crippen LogP contribution in [0.4, 0.5) is 0 Å². The number of allylic oxidation sites excluding steroid dienone is 6. The van der Waals surface area contributed by atoms with Gasteiger partial charge in [-0.05, 0) is 52.4 Å². The van der Waals surface area contributed by atoms with E-state index in [0.29, 0.717) is 12.8 Å². The Balaban J connectivity index is 3.48. The van der Waals surface area contributed by atoms with Crippen LogP contribution in [-0.2, 0) is 38.1 Å². The van der Waals surface area contributed by atoms with Gasteiger partial charge in [0.15, 0.2) is 10.8 Å². The Labute approximate surface area is 189 Å². The minimum atomic E-state index is -1.46. The first-order valence-electron chi connectivity index (χ1n) is 10.5. The van der Waals surface area contributed by atoms with Crippen LogP contribution in [0.2, 0.25) is 0 Å². The molecule has 0 N–H and O–H groups in total. The largest absolute Gasteiger partial charge is 0.468 e. The molecule has 1 aliphatic carbocycles. The summed E-state index contributed by atoms with van der Waals surface area (Å²) in [6.45, 7) is 3.79. The zero-order chi connectivity index (χ0) is 24.4. The number of hydrogen-bond acceptors (Lipinski definition) is 8. The van der Waals surface area contributed by atoms with E-state index in [0.717, 1.165) is 11.1 Å². The summed E-state index contributed by atoms with van der Waals surface area (Å²) < 4.78 is 19.8. The molecule has 0 saturated carbocycles. The van der Waals surface area contributed by atoms with Crippen molar-refractivity contribution in [3.63, 3.8) is 0 Å². The number of carbonyl (C=O) groups excluding carboxylic acids is 4. The molecule has 0 amide bonds. The summed E-state index contributed by atoms with van der Waals surface area (Å²) in [5.74, 6) is -2.59. The first kappa shape index (κ1) is 27.1. The van der Waals surface area contributed by atoms with Crippen LogP contribution >= 0.6 is 0 Å². The van der Waals surface area contributed by atoms with Crippen molar-refractivity contribution < 1.29 is 38.1 Å². The number of esters is 4. The molecule has 0 fully saturated rings. The maximum atomic E-state index is 12.6. The van der Waals surface area contributed by atoms with Crippen LogP contribution in [0, 0.1) is 10.8 Å². The van der Waals surface area contributed by atoms with Gasteiger partial charge in [-0.1, -0.05) is 35.5 Å². The van der Waals surface area contributed by atoms with Crippen molar-refractivity contribution >= 4 is 23.9 Å². The molecule has 1 rings (SSSR count). The molecule has 0 saturated heterocycles. The SMILES string of the molecule is COC(=O)C1(C(=O)OC)C/C=C\C=C\CC(C(=O)OC)(C(=O)OC)CC/C(C)=C(\C)CC1. The van der Waals surface area contributed by atoms with E-state index in [1.54, 1.807) is 24.3 Å². The second kappa shape index (κ2) is 12.2. The first-order valence-corrected chi connectivity index (χ1v) is 10.5. The number of ether oxygens (including phenoxy) is 4. The molecule has 178 valence electrons. The quantitative estimate of drug-likeness (QED) is 0.278. The fourth-order valence-electron chi connectivity index (χ4n) is 3.82. The predicted molar refractivity (Wildman–Crippen MR) is 117 cm³/mol. The Hall–Kier alpha value is -2.90. The van der Waals surface area contributed by atoms with Gasteiger partial charge in [0.05, 0.1) is 28.4 Å². The van der Waals surface area contributed by atoms with E-state index in [2.05, 4.69) is 0 Å². The fourth-order valence-corrected chi connectivity index (χ4v) is 3.82. The van der Waals surface area contributed by atoms with Crippen LogP contribution in [0.25, 0.3) is 0 Å². The lowest BCUT2D eigenvalue weighted by atomic mass is 9.76. The fraction of sp³-hybridized carbons (Fsp3) is 0.583. The lowest BCUT2D eigenvalue weighted by Crippen LogP contribution is -2.41. The van der Waals surface area contributed by atoms with E-state index in [4.69, 9.17) is 18.9 Å². The summed E-state index contributed by atoms with van der Waals surface area (Å²) >= 11 is 0. The van der Waals surface area contributed by atoms with Gasteiger partial charge in [0, 0.05) is 0 Å². The summed E-state index contributed by atoms with van der Waals surface area (Å²) in [7, 11) is 4.98. The Morgan fingerprint density at radius 3 is 1.16 bits per heavy atom. The third-order valence-corrected chi connectivity index (χ3v) is 6.20. The minimum Gasteiger partial charge on any atom is -0.468 e. The second-order valence-corrected chi connectivity index (χ2v) is 7.96. The maximum Gasteiger partial charge on any atom is 0.323 e. The van der Waals surface area contributed by atoms with Crippen molar-refractivity contribution in [2.24, 2.45) is 10.8 Å². The second-order valence-electron chi connectivity index (χ2n) is 7.96. The number of carbonyl (C=O) groups is 4. The summed E-state index contributed by atoms with van der Waals surface area (Å²) in [5.41, 5.74) is -1.02. The van der Waals surface area contributed by atoms with E-state index in [9.17, 15) is 19.2 Å². The smallest absolute Gasteiger partial charge is 0.323 e. The summed E-state index contributed by atoms with van der Waals surface area (Å²) in [4.78, 5) is 50.5. The van der Waals surface area contributed by atoms with Gasteiger partial charge in [-0.25, -0.2) is 0 Å². The van der Waals surface area contributed by atoms with Crippen LogP contribution in [-0.4, -0.2) is 52.3 Å². The highest BCUT2D eigenvalue weighted by Crippen LogP contribution is 2.37. The van der Waals surface area contributed by atoms with E-state index in [1.807, 2.05) is 13.8 Å². The molecule has 0 heterocycles. The third kappa shape index (κ3) is 5.87. The molecule has 0 spiro atoms. The van der Waals surface area contributed by atoms with Crippen molar-refractivity contribution in [3.05, 3.63) is 35.5 Å². The van der Waals surface area contributed by atoms with E-state index >= 15 is 0 Å². The molecular formula is C24H34O8. The molecule has 0 aromatic carbocycles. The van der Waals surface area contributed by atoms with Crippen molar-refractivity contribution in [3.8, 4) is 0 Å². The Morgan fingerprint density at radius 1 is 0.625 bits per heavy atom. The van der Waals surface area contributed by atoms with E-state index < -0.39 is 34.7 Å². The van der Waals surface area contributed by atoms with Crippen molar-refractivity contribution in [1.82, 2.24) is 0 Å². The predicted octanol–water partition coefficient (Wildman–Crippen LogP) is 3.45. The van der Waals surface area contributed by atoms with Gasteiger partial charge in [-0.3, -0.25) is 19.2 Å². The number of rotatable bonds is 4. The monoisotopic (exact) mass is 450 g/mol. The maximum absolute atomic E-state index is 12.6. The Kier molecular flexibility index (Phi) is 10.4. The van der Waals surface area contributed by atoms with Crippen molar-refractivity contribution in [2.75, 3.05) is 28.4 Å². The zero-order valence-corrected chi connectivity index (χ0v) is 19.8. The Morgan fingerprint density at radius 2 is 0.906 bits per heavy atom. The van der Waals surface area contributed by atoms with Gasteiger partial charge in [0.25, 0.3) is 0 Å². The van der Waals surface area contributed by atoms with Crippen LogP contribution in [0.15, 0.2) is 35.5 Å². The van der Waals surface area contributed by atoms with Crippen LogP contribution in [0.1, 0.15) is 52.4 Å². The molecule has 1 aliphatic rings. The highest BCUT2D eigenvalue weighted by molar-refractivity contribution is 6.01. The molecule has 0 aliphatic heterocycles. The number of methoxy groups -OCH3 is 4. The van der Waals surface area contributed by atoms with Gasteiger partial charge in [-0.2, -0.15) is 0 Å². The normalized spacial score (nSPS) is 23.1. The average Bonchev–Trinajstić information content (AvgIpc) is 2.82. The summed E-state index contributed by atoms with van der Waals surface area (Å²) in [6.07, 6.45) is 8.07. The lowest BCUT2D eigenvalue weighted by molar-refractivity contribution is -0.171. The van der Waals surface area contributed by atoms with Gasteiger partial charge >= 0.3 is 23.9 Å². The molecule has 0 unspecified atom stereocenters. The van der Waals surface area contributed by atoms with Gasteiger partial charge in [0.2, 0.25) is 0 Å². The summed E-state index contributed by atoms with van der Waals surface area (Å²) in [5, 5.41) is 0. The van der Waals surface area contributed by atoms with Gasteiger partial charge in [-0.15, -0.1) is 0 Å². The molecule has 0 bridgehead atoms. The van der Waals surface area contributed by atoms with E-state index in [-0.39, 0.29) is 25.7 Å². The average molecular weight is 451 g/mol. The molecule has 8 heteroatoms. The topological polar surface area (TPSA) is 105 Å². The Bertz CT molecular complexity index is 705. The van der Waals surface area contributed by atoms with Crippen molar-refractivity contribution in [1.29, 1.82) is 0 Å². The standard InChI is InChI=1S/C24H34O8/c1-17-11-15-23(19(25)29-3,20(26)30-4)13-9-7-8-10-14-24(21(27)31-5,22(28)32-6)16-12-18(17)2/h7-10H,11-16H2,1-6H3/b9-7-,10-8+,18-17+. The van der Waals surface area contributed by atoms with E-state index in [1.165, 1.54) is 28.4 Å². The molecule has 0 atom stereocenters. The molecule has 32 heavy (non-hydrogen) atoms. The van der Waals surface area contributed by atoms with Crippen LogP contribution in [0.3, 0.4) is 0 Å². The van der Waals surface area contributed by atoms with Crippen LogP contribution in [0.5, 0.6) is 0 Å². The minimum absolute atomic E-state index is 0.0855. The molecule has 8 nitrogen and oxygen atoms in total. The summed E-state index contributed by atoms with van der Waals surface area (Å²) in [6, 6.07) is 0. The first-order chi connectivity index (χ1) is 15.1. The molecule has 0 radical (unpaired) electrons. The molecular weight excluding hydrogens is 416 g/mol. The molecule has 0 aromatic rings. The third-order valence-electron chi connectivity index (χ3n) is 6.20. The lowest BCUT2D eigenvalue weighted by Gasteiger charge is -2.29. The molecule has 0 aromatic heterocycles. The van der Waals surface area contributed by atoms with Crippen molar-refractivity contribution in [2.45, 2.75) is 52.4 Å². The highest BCUT2D eigenvalue weighted by Gasteiger charge is 2.48. The number of hydrogen-bond donors (Lipinski definition) is 0. The van der Waals surface area contributed by atoms with Crippen LogP contribution < -0.4 is 0 Å². The highest BCUT2D eigenvalue weighted by atomic mass is 16.6. The van der Waals surface area contributed by atoms with Gasteiger partial charge in [0.1, 0.15) is 0 Å². The van der Waals surface area contributed by atoms with Gasteiger partial charge < -0.3 is 18.9 Å². The zero-order valence-electron chi connectivity index (χ0n) is 19.8.